The summed E-state index contributed by atoms with van der Waals surface area (Å²) in [5.41, 5.74) is 38.2. The Morgan fingerprint density at radius 3 is 0.961 bits per heavy atom. The van der Waals surface area contributed by atoms with E-state index in [0.717, 1.165) is 83.4 Å². The van der Waals surface area contributed by atoms with Crippen molar-refractivity contribution in [2.45, 2.75) is 101 Å². The predicted octanol–water partition coefficient (Wildman–Crippen LogP) is 14.8. The molecule has 0 radical (unpaired) electrons. The molecule has 0 fully saturated rings. The fourth-order valence-corrected chi connectivity index (χ4v) is 16.8. The minimum absolute atomic E-state index is 0.0720. The number of nitrogen functional groups attached to an aromatic ring is 4. The summed E-state index contributed by atoms with van der Waals surface area (Å²) in [7, 11) is 0. The first-order valence-corrected chi connectivity index (χ1v) is 41.2. The monoisotopic (exact) mass is 1720 g/mol. The molecule has 32 heteroatoms. The van der Waals surface area contributed by atoms with Crippen LogP contribution in [0, 0.1) is 48.1 Å². The highest BCUT2D eigenvalue weighted by molar-refractivity contribution is 6.08. The molecule has 0 unspecified atom stereocenters. The van der Waals surface area contributed by atoms with Gasteiger partial charge in [-0.15, -0.1) is 0 Å². The molecule has 0 spiro atoms. The minimum atomic E-state index is -0.789. The van der Waals surface area contributed by atoms with Gasteiger partial charge < -0.3 is 27.8 Å². The summed E-state index contributed by atoms with van der Waals surface area (Å²) in [6.07, 6.45) is 5.67. The fourth-order valence-electron chi connectivity index (χ4n) is 16.8. The standard InChI is InChI=1S/C25H21N7O.C25H22N6O2.C24H21FN6O.C23H19FN6O/c1-15-7-4-5-10-20(15)32-18(11-17-9-6-8-16(2)21(17)25(32)33)13-31-24-22(19(30-31)12-27-3)23(26)28-14-29-24;1-3-19(32)22-21-23(26)27-14-28-24(21)30(29-22)13-18-12-16-9-7-8-15(2)20(16)25(33)31(18)17-10-5-4-6-11-17;1-14-6-3-4-9-19(14)31-17(10-16-8-5-7-15(2)20(16)24(31)32)12-30-23-21(18(11-25)29-30)22(26)27-13-28-23;1-14-6-5-7-15-10-17(30(23(31)19(14)15)16-8-3-2-4-9-16)12-29-22-20(18(11-24)28-29)21(25)26-13-27-22/h4-11,14H,12-13H2,1-2H3,(H2,26,28,29);4-12,14H,3,13H2,1-2H3,(H2,26,27,28);3-10,13H,11-12H2,1-2H3,(H2,26,27,28);2-10,13H,11-12H2,1H3,(H2,25,26,27). The van der Waals surface area contributed by atoms with Gasteiger partial charge in [-0.1, -0.05) is 153 Å². The highest BCUT2D eigenvalue weighted by atomic mass is 19.1. The second kappa shape index (κ2) is 35.3. The van der Waals surface area contributed by atoms with Gasteiger partial charge in [-0.25, -0.2) is 74.0 Å². The van der Waals surface area contributed by atoms with Crippen molar-refractivity contribution in [3.8, 4) is 22.7 Å². The maximum absolute atomic E-state index is 13.8. The molecule has 30 nitrogen and oxygen atoms in total. The average molecular weight is 1720 g/mol. The van der Waals surface area contributed by atoms with Crippen LogP contribution >= 0.6 is 0 Å². The molecular formula is C97H83F2N25O5. The van der Waals surface area contributed by atoms with Gasteiger partial charge in [-0.3, -0.25) is 42.2 Å². The zero-order valence-corrected chi connectivity index (χ0v) is 71.1. The smallest absolute Gasteiger partial charge is 0.263 e. The second-order valence-electron chi connectivity index (χ2n) is 31.0. The lowest BCUT2D eigenvalue weighted by Gasteiger charge is -2.17. The number of fused-ring (bicyclic) bond motifs is 8. The topological polar surface area (TPSA) is 388 Å². The van der Waals surface area contributed by atoms with Gasteiger partial charge in [0.05, 0.1) is 80.6 Å². The number of Topliss-reactive ketones (excluding diaryl/α,β-unsaturated/α-hetero) is 1. The van der Waals surface area contributed by atoms with Gasteiger partial charge in [-0.05, 0) is 157 Å². The number of aryl methyl sites for hydroxylation is 6. The van der Waals surface area contributed by atoms with Crippen molar-refractivity contribution >= 4 is 116 Å². The van der Waals surface area contributed by atoms with Gasteiger partial charge in [0.1, 0.15) is 79.0 Å². The van der Waals surface area contributed by atoms with Gasteiger partial charge in [-0.2, -0.15) is 20.4 Å². The Balaban J connectivity index is 0.000000121. The summed E-state index contributed by atoms with van der Waals surface area (Å²) in [6.45, 7) is 20.1. The van der Waals surface area contributed by atoms with Crippen molar-refractivity contribution in [3.05, 3.63) is 363 Å². The lowest BCUT2D eigenvalue weighted by Crippen LogP contribution is -2.25. The first-order valence-electron chi connectivity index (χ1n) is 41.2. The molecule has 8 N–H and O–H groups in total. The number of para-hydroxylation sites is 4. The van der Waals surface area contributed by atoms with Gasteiger partial charge in [0.25, 0.3) is 28.8 Å². The van der Waals surface area contributed by atoms with Crippen molar-refractivity contribution in [2.75, 3.05) is 22.9 Å². The molecule has 640 valence electrons. The summed E-state index contributed by atoms with van der Waals surface area (Å²) >= 11 is 0. The van der Waals surface area contributed by atoms with E-state index in [2.05, 4.69) is 65.1 Å². The van der Waals surface area contributed by atoms with Crippen LogP contribution in [-0.4, -0.2) is 103 Å². The van der Waals surface area contributed by atoms with E-state index in [1.807, 2.05) is 248 Å². The molecule has 0 aliphatic carbocycles. The summed E-state index contributed by atoms with van der Waals surface area (Å²) in [5.74, 6) is 0.709. The molecule has 0 amide bonds. The molecule has 0 bridgehead atoms. The molecule has 0 saturated heterocycles. The van der Waals surface area contributed by atoms with Crippen molar-refractivity contribution in [1.82, 2.24) is 97.3 Å². The van der Waals surface area contributed by atoms with E-state index in [-0.39, 0.29) is 108 Å². The highest BCUT2D eigenvalue weighted by Gasteiger charge is 2.27. The molecule has 12 heterocycles. The van der Waals surface area contributed by atoms with Crippen molar-refractivity contribution < 1.29 is 13.6 Å². The summed E-state index contributed by atoms with van der Waals surface area (Å²) in [4.78, 5) is 104. The number of rotatable bonds is 17. The molecule has 0 aliphatic rings. The Labute approximate surface area is 733 Å². The first kappa shape index (κ1) is 84.2. The number of carbonyl (C=O) groups is 1. The number of hydrogen-bond donors (Lipinski definition) is 4. The SMILES string of the molecule is CCC(=O)c1nn(Cc2cc3cccc(C)c3c(=O)n2-c2ccccc2)c2ncnc(N)c12.Cc1cccc2cc(Cn3nc(CF)c4c(N)ncnc43)n(-c3ccccc3)c(=O)c12.Cc1ccccc1-n1c(Cn2nc(CF)c3c(N)ncnc32)cc2cccc(C)c2c1=O.[C-]#[N+]Cc1nn(Cc2cc3cccc(C)c3c(=O)n2-c2ccccc2C)c2ncnc(N)c12. The third kappa shape index (κ3) is 15.7. The average Bonchev–Trinajstić information content (AvgIpc) is 1.71. The Morgan fingerprint density at radius 1 is 0.341 bits per heavy atom. The Hall–Kier alpha value is -17.0. The quantitative estimate of drug-likeness (QED) is 0.0486. The van der Waals surface area contributed by atoms with Gasteiger partial charge in [0.2, 0.25) is 0 Å². The normalized spacial score (nSPS) is 11.3. The number of anilines is 4. The lowest BCUT2D eigenvalue weighted by atomic mass is 10.1. The molecule has 129 heavy (non-hydrogen) atoms. The van der Waals surface area contributed by atoms with E-state index in [4.69, 9.17) is 29.5 Å². The maximum Gasteiger partial charge on any atom is 0.263 e. The van der Waals surface area contributed by atoms with Crippen LogP contribution in [0.5, 0.6) is 0 Å². The highest BCUT2D eigenvalue weighted by Crippen LogP contribution is 2.33. The number of alkyl halides is 2. The Morgan fingerprint density at radius 2 is 0.628 bits per heavy atom. The summed E-state index contributed by atoms with van der Waals surface area (Å²) in [6, 6.07) is 65.5. The number of carbonyl (C=O) groups excluding carboxylic acids is 1. The number of nitrogens with zero attached hydrogens (tertiary/aromatic N) is 21. The molecule has 12 aromatic heterocycles. The minimum Gasteiger partial charge on any atom is -0.383 e. The van der Waals surface area contributed by atoms with E-state index in [9.17, 15) is 32.8 Å². The van der Waals surface area contributed by atoms with E-state index in [0.29, 0.717) is 88.5 Å². The number of hydrogen-bond acceptors (Lipinski definition) is 21. The van der Waals surface area contributed by atoms with Crippen molar-refractivity contribution in [2.24, 2.45) is 0 Å². The third-order valence-corrected chi connectivity index (χ3v) is 22.8. The Bertz CT molecular complexity index is 8170. The van der Waals surface area contributed by atoms with Crippen LogP contribution < -0.4 is 45.2 Å². The molecule has 20 aromatic rings. The maximum atomic E-state index is 13.8. The number of benzene rings is 8. The van der Waals surface area contributed by atoms with Gasteiger partial charge >= 0.3 is 0 Å². The van der Waals surface area contributed by atoms with Crippen molar-refractivity contribution in [1.29, 1.82) is 0 Å². The summed E-state index contributed by atoms with van der Waals surface area (Å²) in [5, 5.41) is 25.8. The molecule has 0 atom stereocenters. The lowest BCUT2D eigenvalue weighted by molar-refractivity contribution is 0.0984. The van der Waals surface area contributed by atoms with E-state index >= 15 is 0 Å². The number of pyridine rings is 4. The number of aromatic nitrogens is 20. The fraction of sp³-hybridized carbons (Fsp3) is 0.155. The van der Waals surface area contributed by atoms with E-state index in [1.165, 1.54) is 25.3 Å². The zero-order chi connectivity index (χ0) is 90.2. The number of nitrogens with two attached hydrogens (primary N) is 4. The van der Waals surface area contributed by atoms with Crippen LogP contribution in [0.15, 0.2) is 251 Å². The molecule has 20 rings (SSSR count). The van der Waals surface area contributed by atoms with Crippen LogP contribution in [0.1, 0.15) is 97.1 Å². The van der Waals surface area contributed by atoms with Crippen LogP contribution in [0.25, 0.3) is 115 Å². The third-order valence-electron chi connectivity index (χ3n) is 22.8. The first-order chi connectivity index (χ1) is 62.6. The van der Waals surface area contributed by atoms with Crippen LogP contribution in [0.3, 0.4) is 0 Å². The van der Waals surface area contributed by atoms with Gasteiger partial charge in [0, 0.05) is 40.6 Å². The predicted molar refractivity (Wildman–Crippen MR) is 497 cm³/mol. The molecule has 0 saturated carbocycles. The Kier molecular flexibility index (Phi) is 23.1. The molecule has 8 aromatic carbocycles. The largest absolute Gasteiger partial charge is 0.383 e. The van der Waals surface area contributed by atoms with Crippen LogP contribution in [-0.2, 0) is 46.1 Å². The summed E-state index contributed by atoms with van der Waals surface area (Å²) < 4.78 is 40.5. The van der Waals surface area contributed by atoms with E-state index < -0.39 is 13.3 Å². The van der Waals surface area contributed by atoms with Crippen LogP contribution in [0.4, 0.5) is 32.1 Å². The van der Waals surface area contributed by atoms with E-state index in [1.54, 1.807) is 43.9 Å². The zero-order valence-electron chi connectivity index (χ0n) is 71.1. The number of ketones is 1. The van der Waals surface area contributed by atoms with Crippen molar-refractivity contribution in [3.63, 3.8) is 0 Å². The van der Waals surface area contributed by atoms with Crippen LogP contribution in [0.2, 0.25) is 0 Å². The molecule has 0 aliphatic heterocycles. The molecular weight excluding hydrogens is 1630 g/mol. The second-order valence-corrected chi connectivity index (χ2v) is 31.0. The van der Waals surface area contributed by atoms with Gasteiger partial charge in [0.15, 0.2) is 34.1 Å². The number of halogens is 2.